The molecule has 21 heavy (non-hydrogen) atoms. The van der Waals surface area contributed by atoms with Crippen molar-refractivity contribution in [3.8, 4) is 5.75 Å². The largest absolute Gasteiger partial charge is 0.492 e. The molecule has 0 aliphatic rings. The van der Waals surface area contributed by atoms with Crippen LogP contribution in [0.25, 0.3) is 0 Å². The normalized spacial score (nSPS) is 12.5. The Balaban J connectivity index is 2.36. The van der Waals surface area contributed by atoms with Crippen molar-refractivity contribution in [3.05, 3.63) is 29.3 Å². The standard InChI is InChI=1S/C19H33NO/c1-15-14-16(19(5,6)7)8-9-17(15)21-13-12-20-11-10-18(2,3)4/h8-9,14,20H,10-13H2,1-7H3. The molecule has 0 heterocycles. The van der Waals surface area contributed by atoms with E-state index in [4.69, 9.17) is 4.74 Å². The molecule has 2 nitrogen and oxygen atoms in total. The highest BCUT2D eigenvalue weighted by Crippen LogP contribution is 2.27. The monoisotopic (exact) mass is 291 g/mol. The third-order valence-electron chi connectivity index (χ3n) is 3.63. The Bertz CT molecular complexity index is 438. The molecule has 0 aliphatic carbocycles. The molecule has 0 aliphatic heterocycles. The van der Waals surface area contributed by atoms with Crippen LogP contribution < -0.4 is 10.1 Å². The maximum atomic E-state index is 5.87. The van der Waals surface area contributed by atoms with E-state index in [-0.39, 0.29) is 5.41 Å². The molecule has 0 unspecified atom stereocenters. The third kappa shape index (κ3) is 6.99. The Labute approximate surface area is 131 Å². The second-order valence-electron chi connectivity index (χ2n) is 8.14. The van der Waals surface area contributed by atoms with Gasteiger partial charge in [-0.3, -0.25) is 0 Å². The zero-order valence-electron chi connectivity index (χ0n) is 15.0. The first-order chi connectivity index (χ1) is 9.59. The lowest BCUT2D eigenvalue weighted by molar-refractivity contribution is 0.302. The molecule has 0 saturated heterocycles. The van der Waals surface area contributed by atoms with E-state index >= 15 is 0 Å². The van der Waals surface area contributed by atoms with Gasteiger partial charge in [0.15, 0.2) is 0 Å². The minimum Gasteiger partial charge on any atom is -0.492 e. The van der Waals surface area contributed by atoms with Gasteiger partial charge in [-0.2, -0.15) is 0 Å². The molecule has 120 valence electrons. The summed E-state index contributed by atoms with van der Waals surface area (Å²) < 4.78 is 5.87. The molecular formula is C19H33NO. The van der Waals surface area contributed by atoms with Gasteiger partial charge in [-0.1, -0.05) is 53.7 Å². The molecule has 0 fully saturated rings. The van der Waals surface area contributed by atoms with Crippen molar-refractivity contribution in [1.82, 2.24) is 5.32 Å². The summed E-state index contributed by atoms with van der Waals surface area (Å²) in [5, 5.41) is 3.44. The molecule has 1 aromatic carbocycles. The summed E-state index contributed by atoms with van der Waals surface area (Å²) in [5.74, 6) is 1.00. The van der Waals surface area contributed by atoms with Crippen LogP contribution in [0.5, 0.6) is 5.75 Å². The van der Waals surface area contributed by atoms with E-state index in [0.717, 1.165) is 25.4 Å². The number of aryl methyl sites for hydroxylation is 1. The van der Waals surface area contributed by atoms with Crippen molar-refractivity contribution in [3.63, 3.8) is 0 Å². The number of hydrogen-bond acceptors (Lipinski definition) is 2. The summed E-state index contributed by atoms with van der Waals surface area (Å²) in [5.41, 5.74) is 3.16. The molecule has 0 bridgehead atoms. The molecule has 0 aromatic heterocycles. The van der Waals surface area contributed by atoms with Crippen molar-refractivity contribution in [2.24, 2.45) is 5.41 Å². The van der Waals surface area contributed by atoms with Crippen molar-refractivity contribution >= 4 is 0 Å². The predicted molar refractivity (Wildman–Crippen MR) is 92.3 cm³/mol. The highest BCUT2D eigenvalue weighted by Gasteiger charge is 2.14. The van der Waals surface area contributed by atoms with Gasteiger partial charge in [0.05, 0.1) is 0 Å². The molecule has 2 heteroatoms. The first-order valence-electron chi connectivity index (χ1n) is 8.04. The molecule has 0 atom stereocenters. The molecular weight excluding hydrogens is 258 g/mol. The number of rotatable bonds is 6. The smallest absolute Gasteiger partial charge is 0.122 e. The van der Waals surface area contributed by atoms with E-state index < -0.39 is 0 Å². The van der Waals surface area contributed by atoms with Gasteiger partial charge in [0.1, 0.15) is 12.4 Å². The lowest BCUT2D eigenvalue weighted by Crippen LogP contribution is -2.25. The van der Waals surface area contributed by atoms with Gasteiger partial charge in [0, 0.05) is 6.54 Å². The fourth-order valence-electron chi connectivity index (χ4n) is 2.10. The average Bonchev–Trinajstić information content (AvgIpc) is 2.32. The first-order valence-corrected chi connectivity index (χ1v) is 8.04. The molecule has 1 rings (SSSR count). The van der Waals surface area contributed by atoms with Crippen LogP contribution in [0.2, 0.25) is 0 Å². The Hall–Kier alpha value is -1.02. The summed E-state index contributed by atoms with van der Waals surface area (Å²) in [7, 11) is 0. The van der Waals surface area contributed by atoms with Gasteiger partial charge >= 0.3 is 0 Å². The SMILES string of the molecule is Cc1cc(C(C)(C)C)ccc1OCCNCCC(C)(C)C. The molecule has 1 aromatic rings. The van der Waals surface area contributed by atoms with Crippen LogP contribution in [0.4, 0.5) is 0 Å². The van der Waals surface area contributed by atoms with Gasteiger partial charge in [-0.05, 0) is 47.9 Å². The molecule has 1 N–H and O–H groups in total. The molecule has 0 spiro atoms. The second kappa shape index (κ2) is 7.31. The van der Waals surface area contributed by atoms with Crippen LogP contribution in [0.15, 0.2) is 18.2 Å². The Morgan fingerprint density at radius 3 is 2.19 bits per heavy atom. The minimum atomic E-state index is 0.192. The fourth-order valence-corrected chi connectivity index (χ4v) is 2.10. The van der Waals surface area contributed by atoms with E-state index in [1.165, 1.54) is 17.5 Å². The van der Waals surface area contributed by atoms with Crippen molar-refractivity contribution in [2.45, 2.75) is 60.3 Å². The lowest BCUT2D eigenvalue weighted by Gasteiger charge is -2.21. The maximum Gasteiger partial charge on any atom is 0.122 e. The van der Waals surface area contributed by atoms with Gasteiger partial charge in [-0.15, -0.1) is 0 Å². The molecule has 0 radical (unpaired) electrons. The van der Waals surface area contributed by atoms with Crippen molar-refractivity contribution in [1.29, 1.82) is 0 Å². The summed E-state index contributed by atoms with van der Waals surface area (Å²) in [4.78, 5) is 0. The predicted octanol–water partition coefficient (Wildman–Crippen LogP) is 4.70. The van der Waals surface area contributed by atoms with Gasteiger partial charge < -0.3 is 10.1 Å². The van der Waals surface area contributed by atoms with Crippen LogP contribution in [0.1, 0.15) is 59.1 Å². The Morgan fingerprint density at radius 2 is 1.67 bits per heavy atom. The Kier molecular flexibility index (Phi) is 6.27. The highest BCUT2D eigenvalue weighted by atomic mass is 16.5. The third-order valence-corrected chi connectivity index (χ3v) is 3.63. The maximum absolute atomic E-state index is 5.87. The number of ether oxygens (including phenoxy) is 1. The number of benzene rings is 1. The van der Waals surface area contributed by atoms with E-state index in [9.17, 15) is 0 Å². The summed E-state index contributed by atoms with van der Waals surface area (Å²) in [6.07, 6.45) is 1.19. The van der Waals surface area contributed by atoms with Crippen LogP contribution in [0, 0.1) is 12.3 Å². The second-order valence-corrected chi connectivity index (χ2v) is 8.14. The van der Waals surface area contributed by atoms with E-state index in [1.54, 1.807) is 0 Å². The van der Waals surface area contributed by atoms with Crippen LogP contribution >= 0.6 is 0 Å². The lowest BCUT2D eigenvalue weighted by atomic mass is 9.86. The summed E-state index contributed by atoms with van der Waals surface area (Å²) in [6.45, 7) is 18.3. The summed E-state index contributed by atoms with van der Waals surface area (Å²) in [6, 6.07) is 6.52. The van der Waals surface area contributed by atoms with Gasteiger partial charge in [0.2, 0.25) is 0 Å². The quantitative estimate of drug-likeness (QED) is 0.767. The van der Waals surface area contributed by atoms with Crippen LogP contribution in [-0.4, -0.2) is 19.7 Å². The summed E-state index contributed by atoms with van der Waals surface area (Å²) >= 11 is 0. The number of hydrogen-bond donors (Lipinski definition) is 1. The van der Waals surface area contributed by atoms with Gasteiger partial charge in [0.25, 0.3) is 0 Å². The van der Waals surface area contributed by atoms with E-state index in [0.29, 0.717) is 5.41 Å². The van der Waals surface area contributed by atoms with E-state index in [1.807, 2.05) is 0 Å². The Morgan fingerprint density at radius 1 is 1.00 bits per heavy atom. The highest BCUT2D eigenvalue weighted by molar-refractivity contribution is 5.38. The zero-order valence-corrected chi connectivity index (χ0v) is 15.0. The average molecular weight is 291 g/mol. The first kappa shape index (κ1) is 18.0. The van der Waals surface area contributed by atoms with E-state index in [2.05, 4.69) is 72.0 Å². The molecule has 0 amide bonds. The van der Waals surface area contributed by atoms with Crippen molar-refractivity contribution < 1.29 is 4.74 Å². The van der Waals surface area contributed by atoms with Gasteiger partial charge in [-0.25, -0.2) is 0 Å². The minimum absolute atomic E-state index is 0.192. The fraction of sp³-hybridized carbons (Fsp3) is 0.684. The zero-order chi connectivity index (χ0) is 16.1. The topological polar surface area (TPSA) is 21.3 Å². The van der Waals surface area contributed by atoms with Crippen LogP contribution in [-0.2, 0) is 5.41 Å². The van der Waals surface area contributed by atoms with Crippen LogP contribution in [0.3, 0.4) is 0 Å². The van der Waals surface area contributed by atoms with Crippen molar-refractivity contribution in [2.75, 3.05) is 19.7 Å². The molecule has 0 saturated carbocycles. The number of nitrogens with one attached hydrogen (secondary N) is 1.